The minimum absolute atomic E-state index is 0.113. The molecular formula is C29H34N8O2. The monoisotopic (exact) mass is 526 g/mol. The number of anilines is 2. The van der Waals surface area contributed by atoms with Gasteiger partial charge in [-0.1, -0.05) is 36.9 Å². The molecule has 1 aromatic carbocycles. The highest BCUT2D eigenvalue weighted by molar-refractivity contribution is 6.11. The Kier molecular flexibility index (Phi) is 9.66. The molecule has 0 saturated heterocycles. The molecule has 10 nitrogen and oxygen atoms in total. The summed E-state index contributed by atoms with van der Waals surface area (Å²) in [5.41, 5.74) is 16.1. The third-order valence-electron chi connectivity index (χ3n) is 5.96. The number of aromatic nitrogens is 3. The van der Waals surface area contributed by atoms with Crippen LogP contribution in [0.5, 0.6) is 0 Å². The SMILES string of the molecule is C=C(C)/C(=C\C=C/C)n1c(CNc2ncnc(N)c2C(N)=C(C=N)C=NCCO)cc2cccc(C)c2c1=O. The Hall–Kier alpha value is -4.83. The van der Waals surface area contributed by atoms with E-state index in [9.17, 15) is 4.79 Å². The van der Waals surface area contributed by atoms with Crippen molar-refractivity contribution in [3.8, 4) is 0 Å². The smallest absolute Gasteiger partial charge is 0.263 e. The zero-order chi connectivity index (χ0) is 28.5. The van der Waals surface area contributed by atoms with Crippen LogP contribution in [0, 0.1) is 12.3 Å². The number of allylic oxidation sites excluding steroid dienone is 6. The van der Waals surface area contributed by atoms with Crippen LogP contribution >= 0.6 is 0 Å². The average Bonchev–Trinajstić information content (AvgIpc) is 2.90. The van der Waals surface area contributed by atoms with Crippen LogP contribution in [0.4, 0.5) is 11.6 Å². The van der Waals surface area contributed by atoms with E-state index in [0.29, 0.717) is 28.2 Å². The van der Waals surface area contributed by atoms with Crippen molar-refractivity contribution < 1.29 is 5.11 Å². The highest BCUT2D eigenvalue weighted by Crippen LogP contribution is 2.27. The Labute approximate surface area is 227 Å². The summed E-state index contributed by atoms with van der Waals surface area (Å²) in [6, 6.07) is 7.69. The first-order valence-electron chi connectivity index (χ1n) is 12.3. The van der Waals surface area contributed by atoms with Crippen LogP contribution in [-0.4, -0.2) is 45.2 Å². The van der Waals surface area contributed by atoms with E-state index in [1.54, 1.807) is 4.57 Å². The lowest BCUT2D eigenvalue weighted by Crippen LogP contribution is -2.26. The third-order valence-corrected chi connectivity index (χ3v) is 5.96. The second-order valence-corrected chi connectivity index (χ2v) is 8.78. The number of aliphatic hydroxyl groups is 1. The van der Waals surface area contributed by atoms with Crippen LogP contribution in [0.25, 0.3) is 22.2 Å². The zero-order valence-corrected chi connectivity index (χ0v) is 22.4. The molecule has 0 atom stereocenters. The Morgan fingerprint density at radius 3 is 2.77 bits per heavy atom. The standard InChI is InChI=1S/C29H34N8O2/c1-5-6-10-23(18(2)3)37-22(13-20-9-7-8-19(4)24(20)29(37)39)16-34-28-25(27(32)35-17-36-28)26(31)21(14-30)15-33-11-12-38/h5-10,13-15,17,30,38H,2,11-12,16,31H2,1,3-4H3,(H3,32,34,35,36)/b6-5-,23-10+,26-21?,30-14?,33-15?. The van der Waals surface area contributed by atoms with Crippen LogP contribution in [0.15, 0.2) is 76.3 Å². The first-order chi connectivity index (χ1) is 18.7. The van der Waals surface area contributed by atoms with E-state index in [4.69, 9.17) is 22.0 Å². The van der Waals surface area contributed by atoms with Crippen molar-refractivity contribution in [2.24, 2.45) is 10.7 Å². The number of aliphatic hydroxyl groups excluding tert-OH is 1. The van der Waals surface area contributed by atoms with Crippen molar-refractivity contribution in [3.05, 3.63) is 93.7 Å². The summed E-state index contributed by atoms with van der Waals surface area (Å²) in [6.07, 6.45) is 9.34. The number of pyridine rings is 1. The van der Waals surface area contributed by atoms with Gasteiger partial charge in [0.15, 0.2) is 0 Å². The van der Waals surface area contributed by atoms with Crippen molar-refractivity contribution in [1.29, 1.82) is 5.41 Å². The molecule has 0 saturated carbocycles. The molecule has 0 unspecified atom stereocenters. The number of hydrogen-bond donors (Lipinski definition) is 5. The summed E-state index contributed by atoms with van der Waals surface area (Å²) in [7, 11) is 0. The number of nitrogens with zero attached hydrogens (tertiary/aromatic N) is 4. The number of fused-ring (bicyclic) bond motifs is 1. The summed E-state index contributed by atoms with van der Waals surface area (Å²) in [5, 5.41) is 21.5. The number of benzene rings is 1. The van der Waals surface area contributed by atoms with Crippen LogP contribution in [0.1, 0.15) is 30.7 Å². The average molecular weight is 527 g/mol. The molecule has 202 valence electrons. The molecule has 0 amide bonds. The molecule has 0 fully saturated rings. The van der Waals surface area contributed by atoms with Gasteiger partial charge in [0.1, 0.15) is 18.0 Å². The van der Waals surface area contributed by atoms with Crippen molar-refractivity contribution >= 4 is 46.2 Å². The second kappa shape index (κ2) is 13.1. The minimum atomic E-state index is -0.158. The van der Waals surface area contributed by atoms with Crippen LogP contribution in [-0.2, 0) is 6.54 Å². The highest BCUT2D eigenvalue weighted by atomic mass is 16.3. The highest BCUT2D eigenvalue weighted by Gasteiger charge is 2.18. The molecule has 0 aliphatic heterocycles. The van der Waals surface area contributed by atoms with Crippen molar-refractivity contribution in [3.63, 3.8) is 0 Å². The molecule has 3 rings (SSSR count). The maximum Gasteiger partial charge on any atom is 0.263 e. The Balaban J connectivity index is 2.19. The summed E-state index contributed by atoms with van der Waals surface area (Å²) in [4.78, 5) is 26.3. The minimum Gasteiger partial charge on any atom is -0.397 e. The van der Waals surface area contributed by atoms with Gasteiger partial charge in [0, 0.05) is 23.7 Å². The molecule has 0 aliphatic carbocycles. The largest absolute Gasteiger partial charge is 0.397 e. The summed E-state index contributed by atoms with van der Waals surface area (Å²) in [6.45, 7) is 10.00. The van der Waals surface area contributed by atoms with Gasteiger partial charge in [-0.15, -0.1) is 0 Å². The van der Waals surface area contributed by atoms with E-state index in [1.165, 1.54) is 12.5 Å². The molecule has 7 N–H and O–H groups in total. The number of nitrogens with two attached hydrogens (primary N) is 2. The Morgan fingerprint density at radius 2 is 2.10 bits per heavy atom. The fourth-order valence-corrected chi connectivity index (χ4v) is 4.10. The maximum absolute atomic E-state index is 13.9. The Morgan fingerprint density at radius 1 is 1.33 bits per heavy atom. The molecule has 0 aliphatic rings. The van der Waals surface area contributed by atoms with Crippen LogP contribution in [0.2, 0.25) is 0 Å². The van der Waals surface area contributed by atoms with Gasteiger partial charge in [-0.3, -0.25) is 14.4 Å². The predicted octanol–water partition coefficient (Wildman–Crippen LogP) is 3.67. The summed E-state index contributed by atoms with van der Waals surface area (Å²) in [5.74, 6) is 0.439. The van der Waals surface area contributed by atoms with E-state index >= 15 is 0 Å². The third kappa shape index (κ3) is 6.36. The number of aliphatic imine (C=N–C) groups is 1. The summed E-state index contributed by atoms with van der Waals surface area (Å²) < 4.78 is 1.65. The van der Waals surface area contributed by atoms with Crippen LogP contribution < -0.4 is 22.3 Å². The van der Waals surface area contributed by atoms with Crippen molar-refractivity contribution in [2.45, 2.75) is 27.3 Å². The van der Waals surface area contributed by atoms with Gasteiger partial charge in [-0.2, -0.15) is 0 Å². The van der Waals surface area contributed by atoms with Gasteiger partial charge in [0.25, 0.3) is 5.56 Å². The first kappa shape index (κ1) is 28.7. The fraction of sp³-hybridized carbons (Fsp3) is 0.207. The van der Waals surface area contributed by atoms with Gasteiger partial charge < -0.3 is 27.3 Å². The normalized spacial score (nSPS) is 12.8. The van der Waals surface area contributed by atoms with Gasteiger partial charge in [0.05, 0.1) is 42.0 Å². The maximum atomic E-state index is 13.9. The molecule has 39 heavy (non-hydrogen) atoms. The lowest BCUT2D eigenvalue weighted by molar-refractivity contribution is 0.307. The zero-order valence-electron chi connectivity index (χ0n) is 22.4. The number of nitrogen functional groups attached to an aromatic ring is 1. The van der Waals surface area contributed by atoms with Crippen LogP contribution in [0.3, 0.4) is 0 Å². The molecule has 2 heterocycles. The van der Waals surface area contributed by atoms with Gasteiger partial charge in [0.2, 0.25) is 0 Å². The molecule has 0 radical (unpaired) electrons. The van der Waals surface area contributed by atoms with E-state index in [-0.39, 0.29) is 42.3 Å². The first-order valence-corrected chi connectivity index (χ1v) is 12.3. The van der Waals surface area contributed by atoms with E-state index in [2.05, 4.69) is 26.9 Å². The lowest BCUT2D eigenvalue weighted by Gasteiger charge is -2.20. The van der Waals surface area contributed by atoms with Crippen molar-refractivity contribution in [1.82, 2.24) is 14.5 Å². The van der Waals surface area contributed by atoms with Crippen molar-refractivity contribution in [2.75, 3.05) is 24.2 Å². The number of aryl methyl sites for hydroxylation is 1. The number of nitrogens with one attached hydrogen (secondary N) is 2. The Bertz CT molecular complexity index is 1580. The van der Waals surface area contributed by atoms with Gasteiger partial charge in [-0.05, 0) is 49.4 Å². The van der Waals surface area contributed by atoms with Gasteiger partial charge >= 0.3 is 0 Å². The van der Waals surface area contributed by atoms with E-state index < -0.39 is 0 Å². The molecular weight excluding hydrogens is 492 g/mol. The number of hydrogen-bond acceptors (Lipinski definition) is 9. The van der Waals surface area contributed by atoms with Gasteiger partial charge in [-0.25, -0.2) is 9.97 Å². The lowest BCUT2D eigenvalue weighted by atomic mass is 10.0. The molecule has 10 heteroatoms. The molecule has 0 spiro atoms. The molecule has 2 aromatic heterocycles. The second-order valence-electron chi connectivity index (χ2n) is 8.78. The van der Waals surface area contributed by atoms with E-state index in [0.717, 1.165) is 22.7 Å². The molecule has 3 aromatic rings. The van der Waals surface area contributed by atoms with E-state index in [1.807, 2.05) is 63.3 Å². The fourth-order valence-electron chi connectivity index (χ4n) is 4.10. The molecule has 0 bridgehead atoms. The quantitative estimate of drug-likeness (QED) is 0.188. The summed E-state index contributed by atoms with van der Waals surface area (Å²) >= 11 is 0. The topological polar surface area (TPSA) is 168 Å². The predicted molar refractivity (Wildman–Crippen MR) is 161 cm³/mol. The number of rotatable bonds is 11.